The van der Waals surface area contributed by atoms with Gasteiger partial charge in [0.1, 0.15) is 11.5 Å². The van der Waals surface area contributed by atoms with Gasteiger partial charge < -0.3 is 14.5 Å². The van der Waals surface area contributed by atoms with E-state index in [0.29, 0.717) is 22.4 Å². The number of carbonyl (C=O) groups excluding carboxylic acids is 2. The number of carbonyl (C=O) groups is 2. The average molecular weight is 423 g/mol. The van der Waals surface area contributed by atoms with Gasteiger partial charge in [0.15, 0.2) is 11.4 Å². The summed E-state index contributed by atoms with van der Waals surface area (Å²) in [5, 5.41) is 10.1. The Labute approximate surface area is 175 Å². The number of fused-ring (bicyclic) bond motifs is 1. The molecule has 0 aliphatic rings. The lowest BCUT2D eigenvalue weighted by molar-refractivity contribution is 0.0996. The maximum atomic E-state index is 14.5. The summed E-state index contributed by atoms with van der Waals surface area (Å²) in [5.74, 6) is -0.863. The molecule has 0 saturated carbocycles. The van der Waals surface area contributed by atoms with Gasteiger partial charge in [0.25, 0.3) is 5.91 Å². The fraction of sp³-hybridized carbons (Fsp3) is 0.143. The van der Waals surface area contributed by atoms with E-state index in [2.05, 4.69) is 20.7 Å². The Morgan fingerprint density at radius 3 is 2.74 bits per heavy atom. The minimum absolute atomic E-state index is 0.115. The molecule has 0 aliphatic carbocycles. The van der Waals surface area contributed by atoms with Crippen LogP contribution in [0.1, 0.15) is 24.4 Å². The molecule has 2 N–H and O–H groups in total. The van der Waals surface area contributed by atoms with Crippen molar-refractivity contribution >= 4 is 34.4 Å². The van der Waals surface area contributed by atoms with E-state index < -0.39 is 17.8 Å². The van der Waals surface area contributed by atoms with Crippen molar-refractivity contribution in [3.8, 4) is 5.69 Å². The zero-order valence-electron chi connectivity index (χ0n) is 16.6. The number of benzene rings is 1. The highest BCUT2D eigenvalue weighted by Crippen LogP contribution is 2.23. The minimum atomic E-state index is -0.602. The molecule has 0 fully saturated rings. The maximum Gasteiger partial charge on any atom is 0.411 e. The van der Waals surface area contributed by atoms with Crippen LogP contribution in [0.25, 0.3) is 16.7 Å². The van der Waals surface area contributed by atoms with Gasteiger partial charge in [-0.1, -0.05) is 0 Å². The van der Waals surface area contributed by atoms with Crippen molar-refractivity contribution in [1.82, 2.24) is 14.8 Å². The van der Waals surface area contributed by atoms with Crippen molar-refractivity contribution < 1.29 is 23.1 Å². The number of furan rings is 1. The number of ether oxygens (including phenoxy) is 1. The van der Waals surface area contributed by atoms with E-state index in [1.165, 1.54) is 41.4 Å². The van der Waals surface area contributed by atoms with Crippen molar-refractivity contribution in [3.05, 3.63) is 66.6 Å². The highest BCUT2D eigenvalue weighted by Gasteiger charge is 2.14. The van der Waals surface area contributed by atoms with Crippen LogP contribution in [0.15, 0.2) is 59.5 Å². The molecule has 0 saturated heterocycles. The number of pyridine rings is 1. The van der Waals surface area contributed by atoms with Gasteiger partial charge in [-0.05, 0) is 50.2 Å². The lowest BCUT2D eigenvalue weighted by atomic mass is 10.2. The van der Waals surface area contributed by atoms with Crippen LogP contribution in [0.2, 0.25) is 0 Å². The van der Waals surface area contributed by atoms with Gasteiger partial charge in [-0.15, -0.1) is 5.10 Å². The molecular weight excluding hydrogens is 405 g/mol. The molecule has 3 aromatic heterocycles. The zero-order valence-corrected chi connectivity index (χ0v) is 16.6. The van der Waals surface area contributed by atoms with Gasteiger partial charge in [-0.25, -0.2) is 18.9 Å². The van der Waals surface area contributed by atoms with Crippen molar-refractivity contribution in [1.29, 1.82) is 0 Å². The quantitative estimate of drug-likeness (QED) is 0.493. The summed E-state index contributed by atoms with van der Waals surface area (Å²) < 4.78 is 25.9. The Balaban J connectivity index is 1.59. The monoisotopic (exact) mass is 423 g/mol. The second-order valence-corrected chi connectivity index (χ2v) is 6.89. The number of nitrogens with zero attached hydrogens (tertiary/aromatic N) is 3. The third kappa shape index (κ3) is 4.53. The van der Waals surface area contributed by atoms with Crippen LogP contribution in [-0.2, 0) is 4.74 Å². The van der Waals surface area contributed by atoms with Crippen LogP contribution in [0.3, 0.4) is 0 Å². The predicted molar refractivity (Wildman–Crippen MR) is 111 cm³/mol. The number of aromatic nitrogens is 3. The van der Waals surface area contributed by atoms with E-state index in [1.54, 1.807) is 32.2 Å². The van der Waals surface area contributed by atoms with Gasteiger partial charge in [0.05, 0.1) is 24.3 Å². The molecule has 0 atom stereocenters. The van der Waals surface area contributed by atoms with Crippen LogP contribution < -0.4 is 10.6 Å². The molecule has 0 unspecified atom stereocenters. The molecule has 4 aromatic rings. The molecule has 2 amide bonds. The number of hydrogen-bond donors (Lipinski definition) is 2. The Kier molecular flexibility index (Phi) is 5.35. The van der Waals surface area contributed by atoms with Crippen LogP contribution in [-0.4, -0.2) is 32.9 Å². The van der Waals surface area contributed by atoms with E-state index in [1.807, 2.05) is 0 Å². The van der Waals surface area contributed by atoms with Crippen molar-refractivity contribution in [2.24, 2.45) is 0 Å². The van der Waals surface area contributed by atoms with Crippen molar-refractivity contribution in [2.75, 3.05) is 10.6 Å². The Morgan fingerprint density at radius 1 is 1.16 bits per heavy atom. The van der Waals surface area contributed by atoms with Gasteiger partial charge in [-0.2, -0.15) is 0 Å². The molecule has 0 aliphatic heterocycles. The first kappa shape index (κ1) is 20.1. The van der Waals surface area contributed by atoms with E-state index >= 15 is 0 Å². The fourth-order valence-corrected chi connectivity index (χ4v) is 2.84. The van der Waals surface area contributed by atoms with E-state index in [-0.39, 0.29) is 17.6 Å². The molecule has 10 heteroatoms. The predicted octanol–water partition coefficient (Wildman–Crippen LogP) is 4.36. The van der Waals surface area contributed by atoms with E-state index in [4.69, 9.17) is 9.15 Å². The third-order valence-electron chi connectivity index (χ3n) is 4.14. The number of halogens is 1. The second-order valence-electron chi connectivity index (χ2n) is 6.89. The van der Waals surface area contributed by atoms with Gasteiger partial charge >= 0.3 is 6.09 Å². The fourth-order valence-electron chi connectivity index (χ4n) is 2.84. The summed E-state index contributed by atoms with van der Waals surface area (Å²) in [6.07, 6.45) is 3.52. The average Bonchev–Trinajstić information content (AvgIpc) is 3.38. The van der Waals surface area contributed by atoms with Crippen LogP contribution in [0.5, 0.6) is 0 Å². The largest absolute Gasteiger partial charge is 0.459 e. The minimum Gasteiger partial charge on any atom is -0.459 e. The molecule has 158 valence electrons. The summed E-state index contributed by atoms with van der Waals surface area (Å²) in [5.41, 5.74) is 1.25. The SMILES string of the molecule is CC(C)OC(=O)Nc1cnc2nn(-c3cc(NC(=O)c4ccco4)ccc3F)cc2c1. The molecule has 9 nitrogen and oxygen atoms in total. The summed E-state index contributed by atoms with van der Waals surface area (Å²) in [4.78, 5) is 28.1. The van der Waals surface area contributed by atoms with Crippen molar-refractivity contribution in [2.45, 2.75) is 20.0 Å². The van der Waals surface area contributed by atoms with Crippen molar-refractivity contribution in [3.63, 3.8) is 0 Å². The smallest absolute Gasteiger partial charge is 0.411 e. The van der Waals surface area contributed by atoms with Crippen LogP contribution in [0.4, 0.5) is 20.6 Å². The lowest BCUT2D eigenvalue weighted by Gasteiger charge is -2.08. The first-order chi connectivity index (χ1) is 14.9. The lowest BCUT2D eigenvalue weighted by Crippen LogP contribution is -2.17. The first-order valence-corrected chi connectivity index (χ1v) is 9.37. The Bertz CT molecular complexity index is 1250. The summed E-state index contributed by atoms with van der Waals surface area (Å²) >= 11 is 0. The Morgan fingerprint density at radius 2 is 2.00 bits per heavy atom. The summed E-state index contributed by atoms with van der Waals surface area (Å²) in [6.45, 7) is 3.48. The van der Waals surface area contributed by atoms with E-state index in [9.17, 15) is 14.0 Å². The number of nitrogens with one attached hydrogen (secondary N) is 2. The van der Waals surface area contributed by atoms with E-state index in [0.717, 1.165) is 0 Å². The van der Waals surface area contributed by atoms with Crippen LogP contribution >= 0.6 is 0 Å². The highest BCUT2D eigenvalue weighted by atomic mass is 19.1. The number of amides is 2. The van der Waals surface area contributed by atoms with Gasteiger partial charge in [-0.3, -0.25) is 10.1 Å². The van der Waals surface area contributed by atoms with Gasteiger partial charge in [0, 0.05) is 17.3 Å². The molecule has 0 radical (unpaired) electrons. The summed E-state index contributed by atoms with van der Waals surface area (Å²) in [7, 11) is 0. The molecular formula is C21H18FN5O4. The Hall–Kier alpha value is -4.21. The number of rotatable bonds is 5. The molecule has 4 rings (SSSR count). The van der Waals surface area contributed by atoms with Gasteiger partial charge in [0.2, 0.25) is 0 Å². The maximum absolute atomic E-state index is 14.5. The third-order valence-corrected chi connectivity index (χ3v) is 4.14. The number of anilines is 2. The molecule has 0 bridgehead atoms. The highest BCUT2D eigenvalue weighted by molar-refractivity contribution is 6.02. The normalized spacial score (nSPS) is 11.0. The number of hydrogen-bond acceptors (Lipinski definition) is 6. The van der Waals surface area contributed by atoms with Crippen LogP contribution in [0, 0.1) is 5.82 Å². The molecule has 1 aromatic carbocycles. The second kappa shape index (κ2) is 8.27. The molecule has 31 heavy (non-hydrogen) atoms. The standard InChI is InChI=1S/C21H18FN5O4/c1-12(2)31-21(29)25-15-8-13-11-27(26-19(13)23-10-15)17-9-14(5-6-16(17)22)24-20(28)18-4-3-7-30-18/h3-12H,1-2H3,(H,24,28)(H,25,29). The summed E-state index contributed by atoms with van der Waals surface area (Å²) in [6, 6.07) is 8.87. The zero-order chi connectivity index (χ0) is 22.0. The first-order valence-electron chi connectivity index (χ1n) is 9.37. The topological polar surface area (TPSA) is 111 Å². The molecule has 3 heterocycles. The molecule has 0 spiro atoms.